The normalized spacial score (nSPS) is 17.6. The first-order valence-electron chi connectivity index (χ1n) is 6.59. The Bertz CT molecular complexity index is 619. The van der Waals surface area contributed by atoms with Crippen LogP contribution in [0.2, 0.25) is 5.02 Å². The molecule has 1 aromatic carbocycles. The summed E-state index contributed by atoms with van der Waals surface area (Å²) in [6, 6.07) is 4.16. The lowest BCUT2D eigenvalue weighted by Crippen LogP contribution is -2.43. The highest BCUT2D eigenvalue weighted by atomic mass is 35.5. The molecular formula is C14H15ClN2O5. The highest BCUT2D eigenvalue weighted by Crippen LogP contribution is 2.30. The molecule has 0 fully saturated rings. The van der Waals surface area contributed by atoms with Crippen LogP contribution in [0.4, 0.5) is 4.79 Å². The summed E-state index contributed by atoms with van der Waals surface area (Å²) < 4.78 is 10.5. The summed E-state index contributed by atoms with van der Waals surface area (Å²) in [5.74, 6) is -1.23. The van der Waals surface area contributed by atoms with Crippen molar-refractivity contribution in [3.05, 3.63) is 28.8 Å². The zero-order valence-corrected chi connectivity index (χ0v) is 12.6. The molecule has 118 valence electrons. The third-order valence-electron chi connectivity index (χ3n) is 3.17. The van der Waals surface area contributed by atoms with E-state index < -0.39 is 29.9 Å². The average Bonchev–Trinajstić information content (AvgIpc) is 2.45. The number of nitrogens with two attached hydrogens (primary N) is 1. The zero-order chi connectivity index (χ0) is 16.3. The number of rotatable bonds is 3. The number of esters is 1. The van der Waals surface area contributed by atoms with Crippen LogP contribution >= 0.6 is 11.6 Å². The number of benzene rings is 1. The van der Waals surface area contributed by atoms with E-state index in [0.717, 1.165) is 5.56 Å². The molecule has 7 nitrogen and oxygen atoms in total. The maximum atomic E-state index is 12.1. The summed E-state index contributed by atoms with van der Waals surface area (Å²) in [6.07, 6.45) is -0.723. The van der Waals surface area contributed by atoms with Crippen molar-refractivity contribution in [2.45, 2.75) is 19.4 Å². The van der Waals surface area contributed by atoms with Gasteiger partial charge in [0, 0.05) is 5.02 Å². The SMILES string of the molecule is C[C@@H](OC(=O)[C@@H]1COc2ccc(Cl)cc2C1)C(=O)NC(N)=O. The number of halogens is 1. The first kappa shape index (κ1) is 16.1. The van der Waals surface area contributed by atoms with Crippen LogP contribution in [0.5, 0.6) is 5.75 Å². The van der Waals surface area contributed by atoms with Crippen LogP contribution in [0.3, 0.4) is 0 Å². The summed E-state index contributed by atoms with van der Waals surface area (Å²) >= 11 is 5.91. The number of hydrogen-bond acceptors (Lipinski definition) is 5. The van der Waals surface area contributed by atoms with Gasteiger partial charge in [-0.2, -0.15) is 0 Å². The fourth-order valence-electron chi connectivity index (χ4n) is 2.06. The summed E-state index contributed by atoms with van der Waals surface area (Å²) in [5, 5.41) is 2.39. The van der Waals surface area contributed by atoms with E-state index in [-0.39, 0.29) is 6.61 Å². The van der Waals surface area contributed by atoms with E-state index in [0.29, 0.717) is 17.2 Å². The molecule has 0 aliphatic carbocycles. The molecule has 8 heteroatoms. The third kappa shape index (κ3) is 3.88. The summed E-state index contributed by atoms with van der Waals surface area (Å²) in [5.41, 5.74) is 5.63. The lowest BCUT2D eigenvalue weighted by Gasteiger charge is -2.25. The van der Waals surface area contributed by atoms with Gasteiger partial charge in [-0.05, 0) is 37.1 Å². The van der Waals surface area contributed by atoms with Crippen LogP contribution in [0, 0.1) is 5.92 Å². The van der Waals surface area contributed by atoms with Crippen molar-refractivity contribution in [3.63, 3.8) is 0 Å². The first-order chi connectivity index (χ1) is 10.4. The maximum Gasteiger partial charge on any atom is 0.318 e. The van der Waals surface area contributed by atoms with E-state index in [1.165, 1.54) is 6.92 Å². The molecule has 3 amide bonds. The van der Waals surface area contributed by atoms with Crippen molar-refractivity contribution in [1.82, 2.24) is 5.32 Å². The Morgan fingerprint density at radius 1 is 1.45 bits per heavy atom. The average molecular weight is 327 g/mol. The molecule has 2 atom stereocenters. The number of imide groups is 1. The van der Waals surface area contributed by atoms with Gasteiger partial charge >= 0.3 is 12.0 Å². The van der Waals surface area contributed by atoms with Gasteiger partial charge in [-0.3, -0.25) is 14.9 Å². The van der Waals surface area contributed by atoms with Gasteiger partial charge in [-0.25, -0.2) is 4.79 Å². The molecule has 0 saturated carbocycles. The molecule has 0 unspecified atom stereocenters. The van der Waals surface area contributed by atoms with E-state index in [2.05, 4.69) is 0 Å². The van der Waals surface area contributed by atoms with Crippen molar-refractivity contribution in [2.75, 3.05) is 6.61 Å². The highest BCUT2D eigenvalue weighted by molar-refractivity contribution is 6.30. The molecule has 1 aromatic rings. The number of fused-ring (bicyclic) bond motifs is 1. The molecule has 1 aliphatic rings. The molecule has 1 aliphatic heterocycles. The van der Waals surface area contributed by atoms with Gasteiger partial charge in [-0.15, -0.1) is 0 Å². The Hall–Kier alpha value is -2.28. The quantitative estimate of drug-likeness (QED) is 0.806. The van der Waals surface area contributed by atoms with Gasteiger partial charge in [0.05, 0.1) is 5.92 Å². The molecule has 0 spiro atoms. The number of amides is 3. The van der Waals surface area contributed by atoms with Crippen molar-refractivity contribution in [1.29, 1.82) is 0 Å². The largest absolute Gasteiger partial charge is 0.492 e. The predicted octanol–water partition coefficient (Wildman–Crippen LogP) is 1.02. The Morgan fingerprint density at radius 2 is 2.18 bits per heavy atom. The predicted molar refractivity (Wildman–Crippen MR) is 77.4 cm³/mol. The summed E-state index contributed by atoms with van der Waals surface area (Å²) in [7, 11) is 0. The lowest BCUT2D eigenvalue weighted by molar-refractivity contribution is -0.159. The van der Waals surface area contributed by atoms with E-state index in [4.69, 9.17) is 26.8 Å². The number of nitrogens with one attached hydrogen (secondary N) is 1. The first-order valence-corrected chi connectivity index (χ1v) is 6.96. The Balaban J connectivity index is 1.97. The summed E-state index contributed by atoms with van der Waals surface area (Å²) in [4.78, 5) is 34.1. The number of primary amides is 1. The Kier molecular flexibility index (Phi) is 4.87. The van der Waals surface area contributed by atoms with E-state index >= 15 is 0 Å². The van der Waals surface area contributed by atoms with Gasteiger partial charge < -0.3 is 15.2 Å². The smallest absolute Gasteiger partial charge is 0.318 e. The monoisotopic (exact) mass is 326 g/mol. The molecule has 0 radical (unpaired) electrons. The second-order valence-electron chi connectivity index (χ2n) is 4.90. The van der Waals surface area contributed by atoms with Crippen molar-refractivity contribution < 1.29 is 23.9 Å². The van der Waals surface area contributed by atoms with Crippen LogP contribution in [0.1, 0.15) is 12.5 Å². The van der Waals surface area contributed by atoms with Crippen LogP contribution in [-0.2, 0) is 20.7 Å². The van der Waals surface area contributed by atoms with Gasteiger partial charge in [-0.1, -0.05) is 11.6 Å². The Morgan fingerprint density at radius 3 is 2.86 bits per heavy atom. The minimum atomic E-state index is -1.12. The van der Waals surface area contributed by atoms with E-state index in [9.17, 15) is 14.4 Å². The third-order valence-corrected chi connectivity index (χ3v) is 3.41. The topological polar surface area (TPSA) is 108 Å². The number of carbonyl (C=O) groups excluding carboxylic acids is 3. The van der Waals surface area contributed by atoms with Gasteiger partial charge in [0.15, 0.2) is 6.10 Å². The molecule has 3 N–H and O–H groups in total. The minimum Gasteiger partial charge on any atom is -0.492 e. The number of carbonyl (C=O) groups is 3. The molecule has 0 saturated heterocycles. The lowest BCUT2D eigenvalue weighted by atomic mass is 9.97. The maximum absolute atomic E-state index is 12.1. The molecule has 22 heavy (non-hydrogen) atoms. The van der Waals surface area contributed by atoms with E-state index in [1.54, 1.807) is 18.2 Å². The van der Waals surface area contributed by atoms with E-state index in [1.807, 2.05) is 5.32 Å². The highest BCUT2D eigenvalue weighted by Gasteiger charge is 2.30. The molecule has 1 heterocycles. The second kappa shape index (κ2) is 6.65. The summed E-state index contributed by atoms with van der Waals surface area (Å²) in [6.45, 7) is 1.50. The van der Waals surface area contributed by atoms with Gasteiger partial charge in [0.1, 0.15) is 12.4 Å². The molecule has 2 rings (SSSR count). The molecule has 0 aromatic heterocycles. The van der Waals surface area contributed by atoms with Crippen LogP contribution in [-0.4, -0.2) is 30.6 Å². The number of hydrogen-bond donors (Lipinski definition) is 2. The van der Waals surface area contributed by atoms with Crippen molar-refractivity contribution in [2.24, 2.45) is 11.7 Å². The zero-order valence-electron chi connectivity index (χ0n) is 11.8. The Labute approximate surface area is 131 Å². The fraction of sp³-hybridized carbons (Fsp3) is 0.357. The minimum absolute atomic E-state index is 0.150. The standard InChI is InChI=1S/C14H15ClN2O5/c1-7(12(18)17-14(16)20)22-13(19)9-4-8-5-10(15)2-3-11(8)21-6-9/h2-3,5,7,9H,4,6H2,1H3,(H3,16,17,18,20)/t7-,9+/m1/s1. The van der Waals surface area contributed by atoms with Crippen molar-refractivity contribution >= 4 is 29.5 Å². The number of ether oxygens (including phenoxy) is 2. The fourth-order valence-corrected chi connectivity index (χ4v) is 2.26. The van der Waals surface area contributed by atoms with Crippen LogP contribution in [0.15, 0.2) is 18.2 Å². The van der Waals surface area contributed by atoms with Crippen LogP contribution in [0.25, 0.3) is 0 Å². The number of urea groups is 1. The molecule has 0 bridgehead atoms. The van der Waals surface area contributed by atoms with Gasteiger partial charge in [0.25, 0.3) is 5.91 Å². The van der Waals surface area contributed by atoms with Crippen molar-refractivity contribution in [3.8, 4) is 5.75 Å². The van der Waals surface area contributed by atoms with Gasteiger partial charge in [0.2, 0.25) is 0 Å². The second-order valence-corrected chi connectivity index (χ2v) is 5.33. The van der Waals surface area contributed by atoms with Crippen LogP contribution < -0.4 is 15.8 Å². The molecular weight excluding hydrogens is 312 g/mol.